The van der Waals surface area contributed by atoms with Crippen LogP contribution in [-0.2, 0) is 6.42 Å². The molecule has 0 amide bonds. The van der Waals surface area contributed by atoms with Crippen LogP contribution in [0.25, 0.3) is 0 Å². The molecule has 0 saturated carbocycles. The highest BCUT2D eigenvalue weighted by atomic mass is 19.2. The van der Waals surface area contributed by atoms with Gasteiger partial charge in [0.25, 0.3) is 0 Å². The van der Waals surface area contributed by atoms with Crippen molar-refractivity contribution in [2.45, 2.75) is 44.6 Å². The Morgan fingerprint density at radius 2 is 1.80 bits per heavy atom. The van der Waals surface area contributed by atoms with Crippen LogP contribution in [0.3, 0.4) is 0 Å². The molecule has 1 saturated heterocycles. The average Bonchev–Trinajstić information content (AvgIpc) is 2.72. The van der Waals surface area contributed by atoms with Gasteiger partial charge in [-0.1, -0.05) is 18.9 Å². The molecule has 2 rings (SSSR count). The molecule has 1 aromatic rings. The van der Waals surface area contributed by atoms with E-state index >= 15 is 0 Å². The van der Waals surface area contributed by atoms with Gasteiger partial charge in [-0.3, -0.25) is 4.90 Å². The second kappa shape index (κ2) is 6.32. The lowest BCUT2D eigenvalue weighted by molar-refractivity contribution is 0.157. The topological polar surface area (TPSA) is 27.0 Å². The van der Waals surface area contributed by atoms with Gasteiger partial charge in [-0.25, -0.2) is 8.78 Å². The minimum atomic E-state index is -0.848. The van der Waals surface area contributed by atoms with Crippen molar-refractivity contribution in [3.63, 3.8) is 0 Å². The van der Waals surface area contributed by atoms with Gasteiger partial charge in [-0.05, 0) is 50.6 Å². The van der Waals surface area contributed by atoms with Crippen LogP contribution in [0.5, 0.6) is 0 Å². The first-order valence-electron chi connectivity index (χ1n) is 7.15. The molecule has 1 atom stereocenters. The van der Waals surface area contributed by atoms with Gasteiger partial charge < -0.3 is 0 Å². The predicted molar refractivity (Wildman–Crippen MR) is 74.1 cm³/mol. The third kappa shape index (κ3) is 3.34. The Kier molecular flexibility index (Phi) is 4.72. The summed E-state index contributed by atoms with van der Waals surface area (Å²) in [5, 5.41) is 9.56. The van der Waals surface area contributed by atoms with Crippen molar-refractivity contribution in [2.75, 3.05) is 13.1 Å². The van der Waals surface area contributed by atoms with Crippen molar-refractivity contribution in [1.82, 2.24) is 4.90 Å². The summed E-state index contributed by atoms with van der Waals surface area (Å²) in [6, 6.07) is 6.26. The van der Waals surface area contributed by atoms with E-state index in [9.17, 15) is 14.0 Å². The first kappa shape index (κ1) is 14.9. The Labute approximate surface area is 119 Å². The molecule has 1 aliphatic heterocycles. The van der Waals surface area contributed by atoms with E-state index in [0.717, 1.165) is 32.0 Å². The second-order valence-corrected chi connectivity index (χ2v) is 5.71. The molecule has 0 N–H and O–H groups in total. The highest BCUT2D eigenvalue weighted by molar-refractivity contribution is 5.23. The summed E-state index contributed by atoms with van der Waals surface area (Å²) in [5.74, 6) is -1.69. The summed E-state index contributed by atoms with van der Waals surface area (Å²) in [6.07, 6.45) is 5.00. The average molecular weight is 278 g/mol. The van der Waals surface area contributed by atoms with Crippen LogP contribution in [0.2, 0.25) is 0 Å². The first-order chi connectivity index (χ1) is 9.55. The SMILES string of the molecule is CC(C#N)(Cc1ccc(F)c(F)c1)N1CCCCCC1. The molecule has 108 valence electrons. The van der Waals surface area contributed by atoms with Crippen molar-refractivity contribution in [3.05, 3.63) is 35.4 Å². The summed E-state index contributed by atoms with van der Waals surface area (Å²) in [4.78, 5) is 2.18. The lowest BCUT2D eigenvalue weighted by Gasteiger charge is -2.35. The highest BCUT2D eigenvalue weighted by Crippen LogP contribution is 2.24. The maximum Gasteiger partial charge on any atom is 0.159 e. The predicted octanol–water partition coefficient (Wildman–Crippen LogP) is 3.67. The Bertz CT molecular complexity index is 502. The number of nitrogens with zero attached hydrogens (tertiary/aromatic N) is 2. The van der Waals surface area contributed by atoms with Gasteiger partial charge in [-0.15, -0.1) is 0 Å². The van der Waals surface area contributed by atoms with E-state index in [1.807, 2.05) is 6.92 Å². The molecule has 1 aromatic carbocycles. The van der Waals surface area contributed by atoms with Gasteiger partial charge >= 0.3 is 0 Å². The Morgan fingerprint density at radius 1 is 1.15 bits per heavy atom. The Hall–Kier alpha value is -1.47. The standard InChI is InChI=1S/C16H20F2N2/c1-16(12-19,20-8-4-2-3-5-9-20)11-13-6-7-14(17)15(18)10-13/h6-7,10H,2-5,8-9,11H2,1H3. The highest BCUT2D eigenvalue weighted by Gasteiger charge is 2.32. The van der Waals surface area contributed by atoms with Gasteiger partial charge in [0.05, 0.1) is 6.07 Å². The van der Waals surface area contributed by atoms with Crippen LogP contribution >= 0.6 is 0 Å². The molecular formula is C16H20F2N2. The molecule has 0 bridgehead atoms. The van der Waals surface area contributed by atoms with E-state index in [-0.39, 0.29) is 0 Å². The largest absolute Gasteiger partial charge is 0.285 e. The minimum Gasteiger partial charge on any atom is -0.285 e. The quantitative estimate of drug-likeness (QED) is 0.843. The van der Waals surface area contributed by atoms with Crippen molar-refractivity contribution in [1.29, 1.82) is 5.26 Å². The van der Waals surface area contributed by atoms with E-state index < -0.39 is 17.2 Å². The molecule has 1 fully saturated rings. The third-order valence-corrected chi connectivity index (χ3v) is 4.08. The number of benzene rings is 1. The number of nitriles is 1. The maximum absolute atomic E-state index is 13.3. The molecule has 0 aliphatic carbocycles. The fourth-order valence-electron chi connectivity index (χ4n) is 2.83. The van der Waals surface area contributed by atoms with E-state index in [1.54, 1.807) is 6.07 Å². The van der Waals surface area contributed by atoms with E-state index in [2.05, 4.69) is 11.0 Å². The van der Waals surface area contributed by atoms with Gasteiger partial charge in [0, 0.05) is 6.42 Å². The third-order valence-electron chi connectivity index (χ3n) is 4.08. The molecule has 1 aliphatic rings. The number of halogens is 2. The van der Waals surface area contributed by atoms with Crippen molar-refractivity contribution >= 4 is 0 Å². The van der Waals surface area contributed by atoms with E-state index in [4.69, 9.17) is 0 Å². The summed E-state index contributed by atoms with van der Waals surface area (Å²) in [6.45, 7) is 3.68. The summed E-state index contributed by atoms with van der Waals surface area (Å²) < 4.78 is 26.3. The summed E-state index contributed by atoms with van der Waals surface area (Å²) >= 11 is 0. The zero-order chi connectivity index (χ0) is 14.6. The minimum absolute atomic E-state index is 0.417. The van der Waals surface area contributed by atoms with Gasteiger partial charge in [0.2, 0.25) is 0 Å². The first-order valence-corrected chi connectivity index (χ1v) is 7.15. The van der Waals surface area contributed by atoms with Crippen LogP contribution < -0.4 is 0 Å². The number of likely N-dealkylation sites (tertiary alicyclic amines) is 1. The lowest BCUT2D eigenvalue weighted by atomic mass is 9.92. The Morgan fingerprint density at radius 3 is 2.35 bits per heavy atom. The van der Waals surface area contributed by atoms with Crippen molar-refractivity contribution < 1.29 is 8.78 Å². The van der Waals surface area contributed by atoms with Gasteiger partial charge in [-0.2, -0.15) is 5.26 Å². The van der Waals surface area contributed by atoms with Crippen LogP contribution in [0, 0.1) is 23.0 Å². The molecule has 2 nitrogen and oxygen atoms in total. The zero-order valence-corrected chi connectivity index (χ0v) is 11.8. The van der Waals surface area contributed by atoms with Crippen molar-refractivity contribution in [2.24, 2.45) is 0 Å². The van der Waals surface area contributed by atoms with Crippen LogP contribution in [0.1, 0.15) is 38.2 Å². The van der Waals surface area contributed by atoms with E-state index in [1.165, 1.54) is 18.9 Å². The molecule has 1 heterocycles. The van der Waals surface area contributed by atoms with E-state index in [0.29, 0.717) is 12.0 Å². The smallest absolute Gasteiger partial charge is 0.159 e. The molecule has 4 heteroatoms. The van der Waals surface area contributed by atoms with Crippen LogP contribution in [0.4, 0.5) is 8.78 Å². The number of hydrogen-bond acceptors (Lipinski definition) is 2. The zero-order valence-electron chi connectivity index (χ0n) is 11.8. The summed E-state index contributed by atoms with van der Waals surface area (Å²) in [5.41, 5.74) is 0.00595. The fraction of sp³-hybridized carbons (Fsp3) is 0.562. The van der Waals surface area contributed by atoms with Gasteiger partial charge in [0.1, 0.15) is 5.54 Å². The fourth-order valence-corrected chi connectivity index (χ4v) is 2.83. The normalized spacial score (nSPS) is 19.9. The molecule has 20 heavy (non-hydrogen) atoms. The van der Waals surface area contributed by atoms with Crippen LogP contribution in [-0.4, -0.2) is 23.5 Å². The monoisotopic (exact) mass is 278 g/mol. The number of rotatable bonds is 3. The van der Waals surface area contributed by atoms with Gasteiger partial charge in [0.15, 0.2) is 11.6 Å². The molecule has 1 unspecified atom stereocenters. The second-order valence-electron chi connectivity index (χ2n) is 5.71. The maximum atomic E-state index is 13.3. The van der Waals surface area contributed by atoms with Crippen molar-refractivity contribution in [3.8, 4) is 6.07 Å². The molecule has 0 aromatic heterocycles. The molecule has 0 radical (unpaired) electrons. The lowest BCUT2D eigenvalue weighted by Crippen LogP contribution is -2.47. The van der Waals surface area contributed by atoms with Crippen LogP contribution in [0.15, 0.2) is 18.2 Å². The molecule has 0 spiro atoms. The molecular weight excluding hydrogens is 258 g/mol. The number of hydrogen-bond donors (Lipinski definition) is 0. The summed E-state index contributed by atoms with van der Waals surface area (Å²) in [7, 11) is 0. The Balaban J connectivity index is 2.17.